The van der Waals surface area contributed by atoms with Gasteiger partial charge in [0.2, 0.25) is 21.4 Å². The molecular weight excluding hydrogens is 492 g/mol. The summed E-state index contributed by atoms with van der Waals surface area (Å²) in [5.41, 5.74) is 5.63. The van der Waals surface area contributed by atoms with Crippen LogP contribution in [0, 0.1) is 10.2 Å². The second-order valence-corrected chi connectivity index (χ2v) is 9.81. The second-order valence-electron chi connectivity index (χ2n) is 7.50. The van der Waals surface area contributed by atoms with Crippen molar-refractivity contribution in [2.24, 2.45) is 5.14 Å². The third-order valence-electron chi connectivity index (χ3n) is 5.10. The molecule has 0 saturated carbocycles. The summed E-state index contributed by atoms with van der Waals surface area (Å²) in [7, 11) is -8.62. The Balaban J connectivity index is 0.000000623. The van der Waals surface area contributed by atoms with Crippen molar-refractivity contribution >= 4 is 10.0 Å². The number of halogens is 1. The molecule has 0 aliphatic carbocycles. The molecule has 0 radical (unpaired) electrons. The van der Waals surface area contributed by atoms with Crippen molar-refractivity contribution in [3.05, 3.63) is 109 Å². The summed E-state index contributed by atoms with van der Waals surface area (Å²) in [6.45, 7) is 0.754. The molecule has 0 fully saturated rings. The Morgan fingerprint density at radius 3 is 1.49 bits per heavy atom. The molecule has 1 aromatic heterocycles. The monoisotopic (exact) mass is 514 g/mol. The van der Waals surface area contributed by atoms with Crippen molar-refractivity contribution in [1.29, 1.82) is 0 Å². The van der Waals surface area contributed by atoms with Gasteiger partial charge < -0.3 is 0 Å². The SMILES string of the molecule is NS(=O)(=O)c1ccc(CC[n+]2c(-c3ccccc3)cccc2-c2ccccc2)cc1.[O-][Cl+3]([O-])([O-])[O-]. The molecule has 8 nitrogen and oxygen atoms in total. The highest BCUT2D eigenvalue weighted by Gasteiger charge is 2.19. The van der Waals surface area contributed by atoms with Crippen LogP contribution in [-0.2, 0) is 23.0 Å². The lowest BCUT2D eigenvalue weighted by molar-refractivity contribution is -2.00. The van der Waals surface area contributed by atoms with Gasteiger partial charge in [0.05, 0.1) is 4.90 Å². The fourth-order valence-electron chi connectivity index (χ4n) is 3.59. The first-order chi connectivity index (χ1) is 16.5. The van der Waals surface area contributed by atoms with Crippen LogP contribution in [0.25, 0.3) is 22.5 Å². The van der Waals surface area contributed by atoms with Crippen LogP contribution in [0.1, 0.15) is 5.56 Å². The Kier molecular flexibility index (Phi) is 8.71. The highest BCUT2D eigenvalue weighted by Crippen LogP contribution is 2.21. The molecule has 3 aromatic carbocycles. The Bertz CT molecular complexity index is 1280. The molecular formula is C25H23ClN2O6S. The van der Waals surface area contributed by atoms with Gasteiger partial charge in [-0.2, -0.15) is 4.57 Å². The van der Waals surface area contributed by atoms with Crippen LogP contribution in [0.3, 0.4) is 0 Å². The molecule has 4 aromatic rings. The number of aromatic nitrogens is 1. The van der Waals surface area contributed by atoms with Crippen molar-refractivity contribution in [1.82, 2.24) is 0 Å². The van der Waals surface area contributed by atoms with Crippen molar-refractivity contribution in [3.8, 4) is 22.5 Å². The number of primary sulfonamides is 1. The standard InChI is InChI=1S/C25H23N2O2S.ClHO4/c26-30(28,29)23-16-14-20(15-17-23)18-19-27-24(21-8-3-1-4-9-21)12-7-13-25(27)22-10-5-2-6-11-22;2-1(3,4)5/h1-17H,18-19H2,(H2,26,28,29);(H,2,3,4,5)/q+1;/p-1. The van der Waals surface area contributed by atoms with E-state index in [0.29, 0.717) is 0 Å². The summed E-state index contributed by atoms with van der Waals surface area (Å²) < 4.78 is 59.3. The van der Waals surface area contributed by atoms with Crippen LogP contribution in [0.15, 0.2) is 108 Å². The largest absolute Gasteiger partial charge is 0.238 e. The minimum absolute atomic E-state index is 0.133. The van der Waals surface area contributed by atoms with E-state index in [1.807, 2.05) is 48.5 Å². The predicted octanol–water partition coefficient (Wildman–Crippen LogP) is -0.558. The molecule has 0 aliphatic heterocycles. The van der Waals surface area contributed by atoms with Crippen LogP contribution < -0.4 is 28.3 Å². The average Bonchev–Trinajstić information content (AvgIpc) is 2.82. The number of aryl methyl sites for hydroxylation is 1. The van der Waals surface area contributed by atoms with Gasteiger partial charge in [-0.3, -0.25) is 0 Å². The van der Waals surface area contributed by atoms with Crippen LogP contribution in [-0.4, -0.2) is 8.42 Å². The number of benzene rings is 3. The summed E-state index contributed by atoms with van der Waals surface area (Å²) in [5.74, 6) is 0. The molecule has 0 saturated heterocycles. The van der Waals surface area contributed by atoms with E-state index in [9.17, 15) is 8.42 Å². The van der Waals surface area contributed by atoms with E-state index in [1.54, 1.807) is 12.1 Å². The van der Waals surface area contributed by atoms with Crippen molar-refractivity contribution < 1.29 is 41.9 Å². The molecule has 0 bridgehead atoms. The first-order valence-electron chi connectivity index (χ1n) is 10.4. The van der Waals surface area contributed by atoms with Crippen molar-refractivity contribution in [2.75, 3.05) is 0 Å². The molecule has 0 atom stereocenters. The minimum atomic E-state index is -4.94. The Hall–Kier alpha value is -3.15. The van der Waals surface area contributed by atoms with Gasteiger partial charge in [0.1, 0.15) is 0 Å². The number of nitrogens with two attached hydrogens (primary N) is 1. The van der Waals surface area contributed by atoms with Crippen LogP contribution >= 0.6 is 0 Å². The third-order valence-corrected chi connectivity index (χ3v) is 6.03. The molecule has 4 rings (SSSR count). The van der Waals surface area contributed by atoms with E-state index in [4.69, 9.17) is 23.8 Å². The second kappa shape index (κ2) is 11.5. The Labute approximate surface area is 206 Å². The number of sulfonamides is 1. The quantitative estimate of drug-likeness (QED) is 0.340. The van der Waals surface area contributed by atoms with Crippen LogP contribution in [0.2, 0.25) is 0 Å². The average molecular weight is 515 g/mol. The summed E-state index contributed by atoms with van der Waals surface area (Å²) >= 11 is 0. The fourth-order valence-corrected chi connectivity index (χ4v) is 4.11. The zero-order chi connectivity index (χ0) is 25.5. The molecule has 1 heterocycles. The Morgan fingerprint density at radius 2 is 1.09 bits per heavy atom. The van der Waals surface area contributed by atoms with Gasteiger partial charge in [-0.1, -0.05) is 48.5 Å². The van der Waals surface area contributed by atoms with Gasteiger partial charge in [-0.05, 0) is 48.0 Å². The van der Waals surface area contributed by atoms with Crippen molar-refractivity contribution in [3.63, 3.8) is 0 Å². The molecule has 182 valence electrons. The van der Waals surface area contributed by atoms with E-state index in [1.165, 1.54) is 0 Å². The molecule has 35 heavy (non-hydrogen) atoms. The third kappa shape index (κ3) is 8.23. The maximum absolute atomic E-state index is 11.5. The molecule has 10 heteroatoms. The summed E-state index contributed by atoms with van der Waals surface area (Å²) in [5, 5.41) is 5.21. The normalized spacial score (nSPS) is 11.5. The molecule has 0 aliphatic rings. The Morgan fingerprint density at radius 1 is 0.657 bits per heavy atom. The zero-order valence-electron chi connectivity index (χ0n) is 18.5. The number of rotatable bonds is 6. The van der Waals surface area contributed by atoms with E-state index in [-0.39, 0.29) is 4.90 Å². The van der Waals surface area contributed by atoms with Crippen LogP contribution in [0.5, 0.6) is 0 Å². The number of pyridine rings is 1. The summed E-state index contributed by atoms with van der Waals surface area (Å²) in [6, 6.07) is 33.8. The predicted molar refractivity (Wildman–Crippen MR) is 119 cm³/mol. The fraction of sp³-hybridized carbons (Fsp3) is 0.0800. The van der Waals surface area contributed by atoms with Crippen LogP contribution in [0.4, 0.5) is 0 Å². The first-order valence-corrected chi connectivity index (χ1v) is 13.2. The molecule has 2 N–H and O–H groups in total. The summed E-state index contributed by atoms with van der Waals surface area (Å²) in [4.78, 5) is 0.133. The van der Waals surface area contributed by atoms with Crippen molar-refractivity contribution in [2.45, 2.75) is 17.9 Å². The first kappa shape index (κ1) is 26.5. The van der Waals surface area contributed by atoms with Gasteiger partial charge in [0.25, 0.3) is 0 Å². The van der Waals surface area contributed by atoms with Gasteiger partial charge in [-0.25, -0.2) is 32.2 Å². The topological polar surface area (TPSA) is 156 Å². The van der Waals surface area contributed by atoms with Gasteiger partial charge in [0, 0.05) is 29.7 Å². The van der Waals surface area contributed by atoms with E-state index in [0.717, 1.165) is 41.0 Å². The van der Waals surface area contributed by atoms with E-state index >= 15 is 0 Å². The number of hydrogen-bond acceptors (Lipinski definition) is 6. The smallest absolute Gasteiger partial charge is 0.225 e. The lowest BCUT2D eigenvalue weighted by Crippen LogP contribution is -2.68. The lowest BCUT2D eigenvalue weighted by atomic mass is 10.1. The highest BCUT2D eigenvalue weighted by molar-refractivity contribution is 7.89. The van der Waals surface area contributed by atoms with E-state index < -0.39 is 20.3 Å². The highest BCUT2D eigenvalue weighted by atomic mass is 35.7. The van der Waals surface area contributed by atoms with E-state index in [2.05, 4.69) is 47.0 Å². The summed E-state index contributed by atoms with van der Waals surface area (Å²) in [6.07, 6.45) is 0.763. The molecule has 0 amide bonds. The van der Waals surface area contributed by atoms with Gasteiger partial charge >= 0.3 is 0 Å². The maximum atomic E-state index is 11.5. The zero-order valence-corrected chi connectivity index (χ0v) is 20.1. The number of hydrogen-bond donors (Lipinski definition) is 1. The lowest BCUT2D eigenvalue weighted by Gasteiger charge is -2.17. The maximum Gasteiger partial charge on any atom is 0.238 e. The molecule has 0 unspecified atom stereocenters. The van der Waals surface area contributed by atoms with Gasteiger partial charge in [0.15, 0.2) is 6.54 Å². The number of nitrogens with zero attached hydrogens (tertiary/aromatic N) is 1. The van der Waals surface area contributed by atoms with Gasteiger partial charge in [-0.15, -0.1) is 10.2 Å². The minimum Gasteiger partial charge on any atom is -0.225 e. The molecule has 0 spiro atoms.